The quantitative estimate of drug-likeness (QED) is 0.304. The second-order valence-corrected chi connectivity index (χ2v) is 8.84. The summed E-state index contributed by atoms with van der Waals surface area (Å²) in [5, 5.41) is 11.8. The zero-order chi connectivity index (χ0) is 26.8. The van der Waals surface area contributed by atoms with Crippen molar-refractivity contribution in [1.82, 2.24) is 4.90 Å². The Balaban J connectivity index is 1.62. The third-order valence-electron chi connectivity index (χ3n) is 6.68. The minimum Gasteiger partial charge on any atom is -0.503 e. The van der Waals surface area contributed by atoms with E-state index in [1.54, 1.807) is 30.3 Å². The second-order valence-electron chi connectivity index (χ2n) is 8.84. The van der Waals surface area contributed by atoms with Crippen molar-refractivity contribution < 1.29 is 33.3 Å². The number of fused-ring (bicyclic) bond motifs is 1. The first-order valence-electron chi connectivity index (χ1n) is 12.1. The average molecular weight is 514 g/mol. The van der Waals surface area contributed by atoms with Crippen LogP contribution in [0.4, 0.5) is 0 Å². The van der Waals surface area contributed by atoms with Crippen LogP contribution in [-0.4, -0.2) is 49.6 Å². The van der Waals surface area contributed by atoms with Gasteiger partial charge in [-0.2, -0.15) is 0 Å². The van der Waals surface area contributed by atoms with Crippen molar-refractivity contribution in [3.8, 4) is 17.2 Å². The Labute approximate surface area is 219 Å². The maximum atomic E-state index is 13.8. The van der Waals surface area contributed by atoms with Gasteiger partial charge in [-0.15, -0.1) is 0 Å². The van der Waals surface area contributed by atoms with Crippen LogP contribution in [0.15, 0.2) is 88.5 Å². The number of nitrogens with zero attached hydrogens (tertiary/aromatic N) is 1. The molecule has 38 heavy (non-hydrogen) atoms. The molecule has 1 aliphatic rings. The van der Waals surface area contributed by atoms with Gasteiger partial charge in [0.2, 0.25) is 11.5 Å². The van der Waals surface area contributed by atoms with Crippen LogP contribution in [0.5, 0.6) is 17.2 Å². The highest BCUT2D eigenvalue weighted by molar-refractivity contribution is 6.16. The van der Waals surface area contributed by atoms with E-state index < -0.39 is 23.5 Å². The molecule has 4 aromatic rings. The molecule has 0 fully saturated rings. The van der Waals surface area contributed by atoms with Crippen LogP contribution in [0.1, 0.15) is 27.7 Å². The largest absolute Gasteiger partial charge is 0.503 e. The summed E-state index contributed by atoms with van der Waals surface area (Å²) in [6.45, 7) is 0.255. The summed E-state index contributed by atoms with van der Waals surface area (Å²) in [6, 6.07) is 21.0. The molecule has 0 aliphatic carbocycles. The molecule has 1 aliphatic heterocycles. The summed E-state index contributed by atoms with van der Waals surface area (Å²) in [7, 11) is 4.47. The van der Waals surface area contributed by atoms with E-state index in [4.69, 9.17) is 18.6 Å². The number of para-hydroxylation sites is 1. The highest BCUT2D eigenvalue weighted by Gasteiger charge is 2.45. The number of Topliss-reactive ketones (excluding diaryl/α,β-unsaturated/α-hetero) is 1. The van der Waals surface area contributed by atoms with Crippen molar-refractivity contribution >= 4 is 22.7 Å². The Kier molecular flexibility index (Phi) is 6.79. The predicted molar refractivity (Wildman–Crippen MR) is 141 cm³/mol. The maximum Gasteiger partial charge on any atom is 0.290 e. The van der Waals surface area contributed by atoms with Crippen LogP contribution in [0.2, 0.25) is 0 Å². The molecular formula is C30H27NO7. The van der Waals surface area contributed by atoms with Crippen molar-refractivity contribution in [3.05, 3.63) is 101 Å². The number of carbonyl (C=O) groups is 2. The summed E-state index contributed by atoms with van der Waals surface area (Å²) in [5.74, 6) is -0.701. The molecule has 0 saturated carbocycles. The molecule has 2 heterocycles. The molecule has 5 rings (SSSR count). The molecule has 0 saturated heterocycles. The molecule has 8 heteroatoms. The number of hydrogen-bond acceptors (Lipinski definition) is 7. The van der Waals surface area contributed by atoms with Crippen molar-refractivity contribution in [2.75, 3.05) is 27.9 Å². The Morgan fingerprint density at radius 2 is 1.58 bits per heavy atom. The van der Waals surface area contributed by atoms with Gasteiger partial charge in [-0.3, -0.25) is 9.59 Å². The first-order valence-corrected chi connectivity index (χ1v) is 12.1. The third kappa shape index (κ3) is 4.34. The molecule has 3 aromatic carbocycles. The van der Waals surface area contributed by atoms with Gasteiger partial charge in [-0.1, -0.05) is 48.5 Å². The summed E-state index contributed by atoms with van der Waals surface area (Å²) >= 11 is 0. The van der Waals surface area contributed by atoms with Crippen molar-refractivity contribution in [2.24, 2.45) is 0 Å². The van der Waals surface area contributed by atoms with E-state index in [1.165, 1.54) is 26.2 Å². The zero-order valence-electron chi connectivity index (χ0n) is 21.3. The van der Waals surface area contributed by atoms with E-state index in [0.717, 1.165) is 10.9 Å². The molecule has 1 unspecified atom stereocenters. The van der Waals surface area contributed by atoms with E-state index >= 15 is 0 Å². The van der Waals surface area contributed by atoms with E-state index in [1.807, 2.05) is 42.5 Å². The molecule has 194 valence electrons. The molecule has 8 nitrogen and oxygen atoms in total. The summed E-state index contributed by atoms with van der Waals surface area (Å²) in [4.78, 5) is 28.7. The SMILES string of the molecule is COc1cc(C2C(C(=O)c3cc4ccccc4o3)=C(O)C(=O)N2CCc2ccccc2)cc(OC)c1OC. The van der Waals surface area contributed by atoms with Crippen molar-refractivity contribution in [1.29, 1.82) is 0 Å². The van der Waals surface area contributed by atoms with Crippen molar-refractivity contribution in [2.45, 2.75) is 12.5 Å². The van der Waals surface area contributed by atoms with Crippen LogP contribution < -0.4 is 14.2 Å². The lowest BCUT2D eigenvalue weighted by Crippen LogP contribution is -2.33. The van der Waals surface area contributed by atoms with Gasteiger partial charge >= 0.3 is 0 Å². The van der Waals surface area contributed by atoms with Gasteiger partial charge in [0, 0.05) is 11.9 Å². The minimum atomic E-state index is -0.916. The standard InChI is InChI=1S/C30H27NO7/c1-35-23-16-20(17-24(36-2)29(23)37-3)26-25(27(32)22-15-19-11-7-8-12-21(19)38-22)28(33)30(34)31(26)14-13-18-9-5-4-6-10-18/h4-12,15-17,26,33H,13-14H2,1-3H3. The van der Waals surface area contributed by atoms with Gasteiger partial charge in [-0.25, -0.2) is 0 Å². The number of ether oxygens (including phenoxy) is 3. The van der Waals surface area contributed by atoms with Crippen LogP contribution in [0.3, 0.4) is 0 Å². The number of furan rings is 1. The molecule has 0 spiro atoms. The van der Waals surface area contributed by atoms with E-state index in [2.05, 4.69) is 0 Å². The first-order chi connectivity index (χ1) is 18.5. The third-order valence-corrected chi connectivity index (χ3v) is 6.68. The smallest absolute Gasteiger partial charge is 0.290 e. The van der Waals surface area contributed by atoms with E-state index in [-0.39, 0.29) is 17.9 Å². The number of carbonyl (C=O) groups excluding carboxylic acids is 2. The number of amides is 1. The molecule has 0 radical (unpaired) electrons. The van der Waals surface area contributed by atoms with Crippen LogP contribution in [0, 0.1) is 0 Å². The number of ketones is 1. The highest BCUT2D eigenvalue weighted by atomic mass is 16.5. The molecule has 1 atom stereocenters. The number of aliphatic hydroxyl groups excluding tert-OH is 1. The Hall–Kier alpha value is -4.72. The fraction of sp³-hybridized carbons (Fsp3) is 0.200. The summed E-state index contributed by atoms with van der Waals surface area (Å²) < 4.78 is 22.3. The molecular weight excluding hydrogens is 486 g/mol. The van der Waals surface area contributed by atoms with Gasteiger partial charge in [0.1, 0.15) is 5.58 Å². The summed E-state index contributed by atoms with van der Waals surface area (Å²) in [6.07, 6.45) is 0.521. The second kappa shape index (κ2) is 10.3. The maximum absolute atomic E-state index is 13.8. The normalized spacial score (nSPS) is 15.3. The van der Waals surface area contributed by atoms with Gasteiger partial charge in [0.25, 0.3) is 5.91 Å². The molecule has 1 N–H and O–H groups in total. The van der Waals surface area contributed by atoms with Crippen LogP contribution in [-0.2, 0) is 11.2 Å². The predicted octanol–water partition coefficient (Wildman–Crippen LogP) is 5.28. The zero-order valence-corrected chi connectivity index (χ0v) is 21.3. The Bertz CT molecular complexity index is 1480. The molecule has 0 bridgehead atoms. The first kappa shape index (κ1) is 25.0. The minimum absolute atomic E-state index is 0.0305. The van der Waals surface area contributed by atoms with E-state index in [0.29, 0.717) is 34.8 Å². The lowest BCUT2D eigenvalue weighted by Gasteiger charge is -2.28. The fourth-order valence-corrected chi connectivity index (χ4v) is 4.84. The Morgan fingerprint density at radius 3 is 2.21 bits per heavy atom. The topological polar surface area (TPSA) is 98.4 Å². The van der Waals surface area contributed by atoms with Crippen LogP contribution >= 0.6 is 0 Å². The van der Waals surface area contributed by atoms with Crippen molar-refractivity contribution in [3.63, 3.8) is 0 Å². The number of benzene rings is 3. The number of hydrogen-bond donors (Lipinski definition) is 1. The van der Waals surface area contributed by atoms with Gasteiger partial charge in [-0.05, 0) is 41.8 Å². The monoisotopic (exact) mass is 513 g/mol. The van der Waals surface area contributed by atoms with Gasteiger partial charge in [0.05, 0.1) is 32.9 Å². The fourth-order valence-electron chi connectivity index (χ4n) is 4.84. The number of aliphatic hydroxyl groups is 1. The molecule has 1 amide bonds. The highest BCUT2D eigenvalue weighted by Crippen LogP contribution is 2.45. The lowest BCUT2D eigenvalue weighted by atomic mass is 9.94. The van der Waals surface area contributed by atoms with Crippen LogP contribution in [0.25, 0.3) is 11.0 Å². The van der Waals surface area contributed by atoms with Gasteiger partial charge in [0.15, 0.2) is 23.0 Å². The summed E-state index contributed by atoms with van der Waals surface area (Å²) in [5.41, 5.74) is 1.99. The number of rotatable bonds is 9. The van der Waals surface area contributed by atoms with E-state index in [9.17, 15) is 14.7 Å². The average Bonchev–Trinajstić information content (AvgIpc) is 3.50. The number of methoxy groups -OCH3 is 3. The Morgan fingerprint density at radius 1 is 0.921 bits per heavy atom. The van der Waals surface area contributed by atoms with Gasteiger partial charge < -0.3 is 28.6 Å². The lowest BCUT2D eigenvalue weighted by molar-refractivity contribution is -0.129. The molecule has 1 aromatic heterocycles.